The van der Waals surface area contributed by atoms with Gasteiger partial charge in [-0.15, -0.1) is 0 Å². The van der Waals surface area contributed by atoms with Crippen molar-refractivity contribution in [3.63, 3.8) is 0 Å². The van der Waals surface area contributed by atoms with Gasteiger partial charge in [0.25, 0.3) is 0 Å². The number of benzene rings is 2. The zero-order valence-corrected chi connectivity index (χ0v) is 11.5. The highest BCUT2D eigenvalue weighted by molar-refractivity contribution is 5.68. The lowest BCUT2D eigenvalue weighted by Gasteiger charge is -2.12. The van der Waals surface area contributed by atoms with Crippen molar-refractivity contribution in [1.82, 2.24) is 5.32 Å². The van der Waals surface area contributed by atoms with E-state index in [1.54, 1.807) is 18.2 Å². The summed E-state index contributed by atoms with van der Waals surface area (Å²) in [6, 6.07) is 9.00. The first kappa shape index (κ1) is 14.5. The topological polar surface area (TPSA) is 21.3 Å². The van der Waals surface area contributed by atoms with Gasteiger partial charge in [0.1, 0.15) is 17.4 Å². The van der Waals surface area contributed by atoms with E-state index in [1.807, 2.05) is 6.92 Å². The quantitative estimate of drug-likeness (QED) is 0.898. The van der Waals surface area contributed by atoms with Crippen molar-refractivity contribution >= 4 is 0 Å². The monoisotopic (exact) mass is 277 g/mol. The highest BCUT2D eigenvalue weighted by Crippen LogP contribution is 2.29. The lowest BCUT2D eigenvalue weighted by molar-refractivity contribution is 0.411. The number of nitrogens with one attached hydrogen (secondary N) is 1. The normalized spacial score (nSPS) is 10.6. The maximum atomic E-state index is 14.1. The summed E-state index contributed by atoms with van der Waals surface area (Å²) in [5.41, 5.74) is 1.79. The van der Waals surface area contributed by atoms with Crippen LogP contribution in [0.1, 0.15) is 12.5 Å². The largest absolute Gasteiger partial charge is 0.497 e. The predicted molar refractivity (Wildman–Crippen MR) is 75.7 cm³/mol. The van der Waals surface area contributed by atoms with E-state index in [2.05, 4.69) is 5.32 Å². The standard InChI is InChI=1S/C16H17F2NO/c1-3-19-10-11-4-5-12(17)8-15(11)14-7-6-13(20-2)9-16(14)18/h4-9,19H,3,10H2,1-2H3. The van der Waals surface area contributed by atoms with Crippen molar-refractivity contribution in [3.8, 4) is 16.9 Å². The molecule has 0 atom stereocenters. The Morgan fingerprint density at radius 2 is 1.85 bits per heavy atom. The number of hydrogen-bond acceptors (Lipinski definition) is 2. The average Bonchev–Trinajstić information content (AvgIpc) is 2.46. The lowest BCUT2D eigenvalue weighted by Crippen LogP contribution is -2.12. The first-order chi connectivity index (χ1) is 9.65. The molecule has 1 N–H and O–H groups in total. The summed E-state index contributed by atoms with van der Waals surface area (Å²) in [4.78, 5) is 0. The third-order valence-electron chi connectivity index (χ3n) is 3.10. The van der Waals surface area contributed by atoms with E-state index in [0.29, 0.717) is 23.4 Å². The molecule has 0 fully saturated rings. The molecule has 0 aliphatic carbocycles. The van der Waals surface area contributed by atoms with Crippen molar-refractivity contribution in [3.05, 3.63) is 53.6 Å². The van der Waals surface area contributed by atoms with Crippen molar-refractivity contribution < 1.29 is 13.5 Å². The minimum atomic E-state index is -0.423. The van der Waals surface area contributed by atoms with Crippen LogP contribution < -0.4 is 10.1 Å². The summed E-state index contributed by atoms with van der Waals surface area (Å²) in [6.07, 6.45) is 0. The van der Waals surface area contributed by atoms with Gasteiger partial charge in [0.15, 0.2) is 0 Å². The maximum absolute atomic E-state index is 14.1. The van der Waals surface area contributed by atoms with E-state index in [0.717, 1.165) is 12.1 Å². The van der Waals surface area contributed by atoms with Crippen LogP contribution in [0, 0.1) is 11.6 Å². The van der Waals surface area contributed by atoms with Gasteiger partial charge in [0.05, 0.1) is 7.11 Å². The van der Waals surface area contributed by atoms with Gasteiger partial charge in [-0.05, 0) is 41.9 Å². The van der Waals surface area contributed by atoms with Crippen LogP contribution in [0.4, 0.5) is 8.78 Å². The maximum Gasteiger partial charge on any atom is 0.134 e. The first-order valence-corrected chi connectivity index (χ1v) is 6.48. The zero-order valence-electron chi connectivity index (χ0n) is 11.5. The fourth-order valence-electron chi connectivity index (χ4n) is 2.05. The zero-order chi connectivity index (χ0) is 14.5. The molecule has 0 saturated heterocycles. The Morgan fingerprint density at radius 3 is 2.50 bits per heavy atom. The molecule has 2 rings (SSSR count). The highest BCUT2D eigenvalue weighted by atomic mass is 19.1. The Labute approximate surface area is 117 Å². The Balaban J connectivity index is 2.47. The van der Waals surface area contributed by atoms with Crippen LogP contribution >= 0.6 is 0 Å². The van der Waals surface area contributed by atoms with Crippen LogP contribution in [0.25, 0.3) is 11.1 Å². The highest BCUT2D eigenvalue weighted by Gasteiger charge is 2.12. The molecule has 0 radical (unpaired) electrons. The Bertz CT molecular complexity index is 599. The van der Waals surface area contributed by atoms with E-state index in [4.69, 9.17) is 4.74 Å². The van der Waals surface area contributed by atoms with E-state index < -0.39 is 5.82 Å². The Morgan fingerprint density at radius 1 is 1.05 bits per heavy atom. The van der Waals surface area contributed by atoms with Crippen LogP contribution in [0.2, 0.25) is 0 Å². The molecule has 0 spiro atoms. The fraction of sp³-hybridized carbons (Fsp3) is 0.250. The van der Waals surface area contributed by atoms with E-state index in [-0.39, 0.29) is 5.82 Å². The number of hydrogen-bond donors (Lipinski definition) is 1. The molecular formula is C16H17F2NO. The van der Waals surface area contributed by atoms with E-state index in [9.17, 15) is 8.78 Å². The Hall–Kier alpha value is -1.94. The molecule has 0 saturated carbocycles. The van der Waals surface area contributed by atoms with Crippen LogP contribution in [0.15, 0.2) is 36.4 Å². The molecule has 0 amide bonds. The van der Waals surface area contributed by atoms with Crippen LogP contribution in [0.3, 0.4) is 0 Å². The van der Waals surface area contributed by atoms with Gasteiger partial charge in [0, 0.05) is 18.2 Å². The van der Waals surface area contributed by atoms with Crippen LogP contribution in [-0.2, 0) is 6.54 Å². The third-order valence-corrected chi connectivity index (χ3v) is 3.10. The summed E-state index contributed by atoms with van der Waals surface area (Å²) in [7, 11) is 1.48. The lowest BCUT2D eigenvalue weighted by atomic mass is 9.98. The van der Waals surface area contributed by atoms with Gasteiger partial charge in [-0.1, -0.05) is 13.0 Å². The predicted octanol–water partition coefficient (Wildman–Crippen LogP) is 3.75. The summed E-state index contributed by atoms with van der Waals surface area (Å²) in [5.74, 6) is -0.362. The number of methoxy groups -OCH3 is 1. The van der Waals surface area contributed by atoms with Gasteiger partial charge in [-0.2, -0.15) is 0 Å². The van der Waals surface area contributed by atoms with Crippen molar-refractivity contribution in [1.29, 1.82) is 0 Å². The molecule has 4 heteroatoms. The molecule has 0 unspecified atom stereocenters. The van der Waals surface area contributed by atoms with Gasteiger partial charge in [-0.25, -0.2) is 8.78 Å². The SMILES string of the molecule is CCNCc1ccc(F)cc1-c1ccc(OC)cc1F. The van der Waals surface area contributed by atoms with E-state index >= 15 is 0 Å². The summed E-state index contributed by atoms with van der Waals surface area (Å²) in [6.45, 7) is 3.34. The minimum Gasteiger partial charge on any atom is -0.497 e. The molecule has 106 valence electrons. The average molecular weight is 277 g/mol. The summed E-state index contributed by atoms with van der Waals surface area (Å²) in [5, 5.41) is 3.17. The number of ether oxygens (including phenoxy) is 1. The molecule has 2 aromatic carbocycles. The Kier molecular flexibility index (Phi) is 4.69. The molecular weight excluding hydrogens is 260 g/mol. The van der Waals surface area contributed by atoms with Crippen molar-refractivity contribution in [2.24, 2.45) is 0 Å². The van der Waals surface area contributed by atoms with Gasteiger partial charge < -0.3 is 10.1 Å². The van der Waals surface area contributed by atoms with Crippen LogP contribution in [0.5, 0.6) is 5.75 Å². The molecule has 0 aliphatic rings. The van der Waals surface area contributed by atoms with Gasteiger partial charge in [0.2, 0.25) is 0 Å². The van der Waals surface area contributed by atoms with Crippen LogP contribution in [-0.4, -0.2) is 13.7 Å². The smallest absolute Gasteiger partial charge is 0.134 e. The molecule has 0 heterocycles. The number of halogens is 2. The second-order valence-electron chi connectivity index (χ2n) is 4.43. The van der Waals surface area contributed by atoms with Gasteiger partial charge >= 0.3 is 0 Å². The molecule has 0 bridgehead atoms. The second-order valence-corrected chi connectivity index (χ2v) is 4.43. The van der Waals surface area contributed by atoms with E-state index in [1.165, 1.54) is 25.3 Å². The molecule has 2 aromatic rings. The molecule has 20 heavy (non-hydrogen) atoms. The van der Waals surface area contributed by atoms with Gasteiger partial charge in [-0.3, -0.25) is 0 Å². The van der Waals surface area contributed by atoms with Crippen molar-refractivity contribution in [2.75, 3.05) is 13.7 Å². The molecule has 2 nitrogen and oxygen atoms in total. The van der Waals surface area contributed by atoms with Crippen molar-refractivity contribution in [2.45, 2.75) is 13.5 Å². The number of rotatable bonds is 5. The molecule has 0 aliphatic heterocycles. The second kappa shape index (κ2) is 6.48. The third kappa shape index (κ3) is 3.14. The fourth-order valence-corrected chi connectivity index (χ4v) is 2.05. The first-order valence-electron chi connectivity index (χ1n) is 6.48. The minimum absolute atomic E-state index is 0.373. The summed E-state index contributed by atoms with van der Waals surface area (Å²) >= 11 is 0. The molecule has 0 aromatic heterocycles. The summed E-state index contributed by atoms with van der Waals surface area (Å²) < 4.78 is 32.6.